The van der Waals surface area contributed by atoms with E-state index in [0.717, 1.165) is 17.8 Å². The molecule has 4 aromatic rings. The Labute approximate surface area is 225 Å². The van der Waals surface area contributed by atoms with Gasteiger partial charge in [0.1, 0.15) is 10.6 Å². The van der Waals surface area contributed by atoms with Crippen LogP contribution in [0.2, 0.25) is 0 Å². The van der Waals surface area contributed by atoms with E-state index in [1.807, 2.05) is 18.2 Å². The van der Waals surface area contributed by atoms with Crippen molar-refractivity contribution in [3.63, 3.8) is 0 Å². The Hall–Kier alpha value is -3.72. The fraction of sp³-hybridized carbons (Fsp3) is 0.379. The number of para-hydroxylation sites is 1. The van der Waals surface area contributed by atoms with Gasteiger partial charge in [-0.15, -0.1) is 10.2 Å². The summed E-state index contributed by atoms with van der Waals surface area (Å²) >= 11 is 1.35. The van der Waals surface area contributed by atoms with Gasteiger partial charge in [-0.1, -0.05) is 57.2 Å². The molecule has 0 radical (unpaired) electrons. The van der Waals surface area contributed by atoms with E-state index in [4.69, 9.17) is 13.9 Å². The van der Waals surface area contributed by atoms with Crippen LogP contribution >= 0.6 is 11.3 Å². The third kappa shape index (κ3) is 4.78. The molecule has 0 saturated heterocycles. The molecule has 1 atom stereocenters. The number of rotatable bonds is 9. The minimum Gasteiger partial charge on any atom is -0.493 e. The molecule has 8 nitrogen and oxygen atoms in total. The molecule has 0 bridgehead atoms. The van der Waals surface area contributed by atoms with Crippen molar-refractivity contribution in [1.29, 1.82) is 0 Å². The number of hydrogen-bond donors (Lipinski definition) is 0. The van der Waals surface area contributed by atoms with Crippen LogP contribution in [0.4, 0.5) is 5.13 Å². The topological polar surface area (TPSA) is 94.8 Å². The van der Waals surface area contributed by atoms with Gasteiger partial charge < -0.3 is 13.9 Å². The Kier molecular flexibility index (Phi) is 7.21. The van der Waals surface area contributed by atoms with E-state index in [0.29, 0.717) is 51.6 Å². The molecule has 3 heterocycles. The zero-order valence-corrected chi connectivity index (χ0v) is 23.0. The standard InChI is InChI=1S/C29H31N3O5S/c1-16(2)12-13-36-21-11-10-18(15-22(21)35-5)25-24-26(33)19-8-6-7-9-20(19)37-27(24)28(34)32(25)29-31-30-23(38-29)14-17(3)4/h6-11,15-17,25H,12-14H2,1-5H3. The lowest BCUT2D eigenvalue weighted by molar-refractivity contribution is 0.0970. The summed E-state index contributed by atoms with van der Waals surface area (Å²) in [6, 6.07) is 11.7. The lowest BCUT2D eigenvalue weighted by atomic mass is 9.98. The Morgan fingerprint density at radius 2 is 1.82 bits per heavy atom. The molecule has 2 aromatic heterocycles. The van der Waals surface area contributed by atoms with Gasteiger partial charge in [0.15, 0.2) is 16.9 Å². The molecule has 1 aliphatic heterocycles. The van der Waals surface area contributed by atoms with Crippen molar-refractivity contribution < 1.29 is 18.7 Å². The highest BCUT2D eigenvalue weighted by Gasteiger charge is 2.45. The van der Waals surface area contributed by atoms with Crippen molar-refractivity contribution in [2.75, 3.05) is 18.6 Å². The average Bonchev–Trinajstić information content (AvgIpc) is 3.45. The molecule has 38 heavy (non-hydrogen) atoms. The number of ether oxygens (including phenoxy) is 2. The van der Waals surface area contributed by atoms with E-state index in [2.05, 4.69) is 37.9 Å². The van der Waals surface area contributed by atoms with Crippen molar-refractivity contribution in [2.24, 2.45) is 11.8 Å². The fourth-order valence-corrected chi connectivity index (χ4v) is 5.66. The molecular weight excluding hydrogens is 502 g/mol. The number of amides is 1. The van der Waals surface area contributed by atoms with Crippen molar-refractivity contribution in [1.82, 2.24) is 10.2 Å². The van der Waals surface area contributed by atoms with Gasteiger partial charge >= 0.3 is 0 Å². The van der Waals surface area contributed by atoms with Crippen LogP contribution in [0.15, 0.2) is 51.7 Å². The van der Waals surface area contributed by atoms with Gasteiger partial charge in [0.2, 0.25) is 10.9 Å². The second-order valence-corrected chi connectivity index (χ2v) is 11.3. The maximum Gasteiger partial charge on any atom is 0.297 e. The first-order valence-corrected chi connectivity index (χ1v) is 13.6. The van der Waals surface area contributed by atoms with Gasteiger partial charge in [0.25, 0.3) is 5.91 Å². The minimum atomic E-state index is -0.753. The number of benzene rings is 2. The van der Waals surface area contributed by atoms with Crippen LogP contribution < -0.4 is 19.8 Å². The number of fused-ring (bicyclic) bond motifs is 2. The van der Waals surface area contributed by atoms with E-state index >= 15 is 0 Å². The third-order valence-electron chi connectivity index (χ3n) is 6.48. The Balaban J connectivity index is 1.64. The lowest BCUT2D eigenvalue weighted by Crippen LogP contribution is -2.29. The molecule has 198 valence electrons. The summed E-state index contributed by atoms with van der Waals surface area (Å²) in [4.78, 5) is 29.1. The van der Waals surface area contributed by atoms with E-state index in [1.165, 1.54) is 16.2 Å². The molecule has 0 N–H and O–H groups in total. The van der Waals surface area contributed by atoms with Gasteiger partial charge in [-0.05, 0) is 48.1 Å². The van der Waals surface area contributed by atoms with Crippen LogP contribution in [0.3, 0.4) is 0 Å². The van der Waals surface area contributed by atoms with Crippen LogP contribution in [-0.4, -0.2) is 29.8 Å². The first-order chi connectivity index (χ1) is 18.3. The molecule has 0 fully saturated rings. The van der Waals surface area contributed by atoms with Crippen molar-refractivity contribution in [3.8, 4) is 11.5 Å². The van der Waals surface area contributed by atoms with E-state index in [9.17, 15) is 9.59 Å². The van der Waals surface area contributed by atoms with Crippen LogP contribution in [-0.2, 0) is 6.42 Å². The largest absolute Gasteiger partial charge is 0.493 e. The number of methoxy groups -OCH3 is 1. The first-order valence-electron chi connectivity index (χ1n) is 12.8. The molecule has 1 unspecified atom stereocenters. The highest BCUT2D eigenvalue weighted by Crippen LogP contribution is 2.44. The maximum absolute atomic E-state index is 13.8. The second kappa shape index (κ2) is 10.6. The van der Waals surface area contributed by atoms with Crippen molar-refractivity contribution >= 4 is 33.3 Å². The molecular formula is C29H31N3O5S. The highest BCUT2D eigenvalue weighted by atomic mass is 32.1. The number of carbonyl (C=O) groups is 1. The minimum absolute atomic E-state index is 0.0236. The molecule has 0 saturated carbocycles. The van der Waals surface area contributed by atoms with Crippen LogP contribution in [0, 0.1) is 11.8 Å². The zero-order chi connectivity index (χ0) is 27.0. The van der Waals surface area contributed by atoms with Crippen molar-refractivity contribution in [2.45, 2.75) is 46.6 Å². The summed E-state index contributed by atoms with van der Waals surface area (Å²) in [5.74, 6) is 1.63. The quantitative estimate of drug-likeness (QED) is 0.259. The summed E-state index contributed by atoms with van der Waals surface area (Å²) in [6.45, 7) is 9.05. The average molecular weight is 534 g/mol. The molecule has 0 spiro atoms. The van der Waals surface area contributed by atoms with Gasteiger partial charge in [-0.3, -0.25) is 14.5 Å². The zero-order valence-electron chi connectivity index (χ0n) is 22.2. The fourth-order valence-electron chi connectivity index (χ4n) is 4.58. The summed E-state index contributed by atoms with van der Waals surface area (Å²) in [5, 5.41) is 10.3. The molecule has 1 amide bonds. The summed E-state index contributed by atoms with van der Waals surface area (Å²) in [5.41, 5.74) is 1.10. The summed E-state index contributed by atoms with van der Waals surface area (Å²) in [7, 11) is 1.57. The Morgan fingerprint density at radius 1 is 1.03 bits per heavy atom. The highest BCUT2D eigenvalue weighted by molar-refractivity contribution is 7.15. The normalized spacial score (nSPS) is 15.1. The van der Waals surface area contributed by atoms with Crippen LogP contribution in [0.25, 0.3) is 11.0 Å². The first kappa shape index (κ1) is 25.9. The van der Waals surface area contributed by atoms with E-state index < -0.39 is 11.9 Å². The SMILES string of the molecule is COc1cc(C2c3c(oc4ccccc4c3=O)C(=O)N2c2nnc(CC(C)C)s2)ccc1OCCC(C)C. The smallest absolute Gasteiger partial charge is 0.297 e. The van der Waals surface area contributed by atoms with Crippen LogP contribution in [0.1, 0.15) is 66.8 Å². The Bertz CT molecular complexity index is 1540. The predicted octanol–water partition coefficient (Wildman–Crippen LogP) is 6.03. The molecule has 0 aliphatic carbocycles. The van der Waals surface area contributed by atoms with E-state index in [-0.39, 0.29) is 16.8 Å². The predicted molar refractivity (Wildman–Crippen MR) is 148 cm³/mol. The number of carbonyl (C=O) groups excluding carboxylic acids is 1. The lowest BCUT2D eigenvalue weighted by Gasteiger charge is -2.23. The third-order valence-corrected chi connectivity index (χ3v) is 7.42. The van der Waals surface area contributed by atoms with Gasteiger partial charge in [0.05, 0.1) is 30.7 Å². The van der Waals surface area contributed by atoms with Crippen LogP contribution in [0.5, 0.6) is 11.5 Å². The number of anilines is 1. The monoisotopic (exact) mass is 533 g/mol. The molecule has 1 aliphatic rings. The molecule has 5 rings (SSSR count). The van der Waals surface area contributed by atoms with Gasteiger partial charge in [-0.25, -0.2) is 0 Å². The summed E-state index contributed by atoms with van der Waals surface area (Å²) in [6.07, 6.45) is 1.65. The van der Waals surface area contributed by atoms with Crippen molar-refractivity contribution in [3.05, 3.63) is 74.6 Å². The second-order valence-electron chi connectivity index (χ2n) is 10.3. The molecule has 9 heteroatoms. The Morgan fingerprint density at radius 3 is 2.55 bits per heavy atom. The van der Waals surface area contributed by atoms with Gasteiger partial charge in [-0.2, -0.15) is 0 Å². The summed E-state index contributed by atoms with van der Waals surface area (Å²) < 4.78 is 17.7. The maximum atomic E-state index is 13.8. The van der Waals surface area contributed by atoms with E-state index in [1.54, 1.807) is 31.4 Å². The van der Waals surface area contributed by atoms with Gasteiger partial charge in [0, 0.05) is 6.42 Å². The number of hydrogen-bond acceptors (Lipinski definition) is 8. The molecule has 2 aromatic carbocycles. The number of nitrogens with zero attached hydrogens (tertiary/aromatic N) is 3. The number of aromatic nitrogens is 2.